The van der Waals surface area contributed by atoms with E-state index in [1.807, 2.05) is 13.8 Å². The molecule has 3 N–H and O–H groups in total. The number of nitrogens with two attached hydrogens (primary N) is 1. The lowest BCUT2D eigenvalue weighted by molar-refractivity contribution is -0.171. The van der Waals surface area contributed by atoms with E-state index < -0.39 is 5.54 Å². The second kappa shape index (κ2) is 4.21. The Morgan fingerprint density at radius 1 is 1.14 bits per heavy atom. The monoisotopic (exact) mass is 308 g/mol. The van der Waals surface area contributed by atoms with E-state index in [0.29, 0.717) is 15.8 Å². The Morgan fingerprint density at radius 3 is 2.10 bits per heavy atom. The van der Waals surface area contributed by atoms with Crippen molar-refractivity contribution in [2.75, 3.05) is 0 Å². The summed E-state index contributed by atoms with van der Waals surface area (Å²) in [4.78, 5) is 13.4. The van der Waals surface area contributed by atoms with E-state index in [0.717, 1.165) is 25.2 Å². The Bertz CT molecular complexity index is 495. The van der Waals surface area contributed by atoms with Gasteiger partial charge < -0.3 is 11.1 Å². The quantitative estimate of drug-likeness (QED) is 0.787. The van der Waals surface area contributed by atoms with Crippen LogP contribution in [0.5, 0.6) is 0 Å². The van der Waals surface area contributed by atoms with E-state index in [1.165, 1.54) is 19.3 Å². The molecule has 0 saturated heterocycles. The van der Waals surface area contributed by atoms with Crippen LogP contribution in [0.15, 0.2) is 0 Å². The van der Waals surface area contributed by atoms with Gasteiger partial charge in [-0.25, -0.2) is 0 Å². The lowest BCUT2D eigenvalue weighted by Gasteiger charge is -2.64. The van der Waals surface area contributed by atoms with Gasteiger partial charge in [-0.15, -0.1) is 0 Å². The molecule has 4 saturated carbocycles. The van der Waals surface area contributed by atoms with E-state index in [4.69, 9.17) is 18.0 Å². The summed E-state index contributed by atoms with van der Waals surface area (Å²) in [5.41, 5.74) is 5.68. The summed E-state index contributed by atoms with van der Waals surface area (Å²) >= 11 is 5.10. The number of hydrogen-bond donors (Lipinski definition) is 2. The van der Waals surface area contributed by atoms with E-state index in [2.05, 4.69) is 19.2 Å². The zero-order valence-corrected chi connectivity index (χ0v) is 14.5. The van der Waals surface area contributed by atoms with Crippen molar-refractivity contribution >= 4 is 23.1 Å². The first-order valence-electron chi connectivity index (χ1n) is 8.10. The first-order valence-corrected chi connectivity index (χ1v) is 8.51. The minimum atomic E-state index is -0.600. The highest BCUT2D eigenvalue weighted by molar-refractivity contribution is 7.80. The molecule has 21 heavy (non-hydrogen) atoms. The van der Waals surface area contributed by atoms with Crippen LogP contribution in [0.1, 0.15) is 66.2 Å². The smallest absolute Gasteiger partial charge is 0.227 e. The van der Waals surface area contributed by atoms with Crippen molar-refractivity contribution in [2.45, 2.75) is 71.8 Å². The highest BCUT2D eigenvalue weighted by atomic mass is 32.1. The fourth-order valence-electron chi connectivity index (χ4n) is 6.18. The maximum Gasteiger partial charge on any atom is 0.227 e. The lowest BCUT2D eigenvalue weighted by atomic mass is 9.40. The molecule has 2 unspecified atom stereocenters. The van der Waals surface area contributed by atoms with E-state index in [-0.39, 0.29) is 11.3 Å². The highest BCUT2D eigenvalue weighted by Gasteiger charge is 2.62. The molecule has 0 aliphatic heterocycles. The molecule has 3 nitrogen and oxygen atoms in total. The molecule has 1 amide bonds. The molecule has 0 aromatic heterocycles. The second-order valence-electron chi connectivity index (χ2n) is 9.35. The van der Waals surface area contributed by atoms with Crippen LogP contribution < -0.4 is 11.1 Å². The fourth-order valence-corrected chi connectivity index (χ4v) is 6.23. The Labute approximate surface area is 133 Å². The SMILES string of the molecule is CC12CC3CC(C)(C1)CC(C(=O)NC(C)(C)C(N)=S)(C3)C2. The van der Waals surface area contributed by atoms with Gasteiger partial charge in [-0.2, -0.15) is 0 Å². The molecule has 4 rings (SSSR count). The van der Waals surface area contributed by atoms with Gasteiger partial charge in [0.15, 0.2) is 0 Å². The average molecular weight is 308 g/mol. The molecule has 118 valence electrons. The summed E-state index contributed by atoms with van der Waals surface area (Å²) in [6.07, 6.45) is 7.00. The van der Waals surface area contributed by atoms with Crippen LogP contribution in [0.3, 0.4) is 0 Å². The van der Waals surface area contributed by atoms with Crippen LogP contribution in [0.25, 0.3) is 0 Å². The molecule has 0 radical (unpaired) electrons. The molecular weight excluding hydrogens is 280 g/mol. The number of carbonyl (C=O) groups is 1. The van der Waals surface area contributed by atoms with Gasteiger partial charge in [-0.05, 0) is 69.1 Å². The fraction of sp³-hybridized carbons (Fsp3) is 0.882. The predicted octanol–water partition coefficient (Wildman–Crippen LogP) is 3.16. The summed E-state index contributed by atoms with van der Waals surface area (Å²) in [6, 6.07) is 0. The third-order valence-electron chi connectivity index (χ3n) is 6.15. The third kappa shape index (κ3) is 2.39. The van der Waals surface area contributed by atoms with Gasteiger partial charge in [0.1, 0.15) is 0 Å². The van der Waals surface area contributed by atoms with Crippen molar-refractivity contribution in [3.63, 3.8) is 0 Å². The van der Waals surface area contributed by atoms with Gasteiger partial charge >= 0.3 is 0 Å². The molecule has 0 heterocycles. The number of rotatable bonds is 3. The molecule has 0 aromatic carbocycles. The topological polar surface area (TPSA) is 55.1 Å². The van der Waals surface area contributed by atoms with Gasteiger partial charge in [0.05, 0.1) is 15.9 Å². The average Bonchev–Trinajstić information content (AvgIpc) is 2.22. The van der Waals surface area contributed by atoms with Crippen LogP contribution >= 0.6 is 12.2 Å². The standard InChI is InChI=1S/C17H28N2OS/c1-14(2,12(18)21)19-13(20)17-7-11-5-15(3,9-17)8-16(4,6-11)10-17/h11H,5-10H2,1-4H3,(H2,18,21)(H,19,20). The second-order valence-corrected chi connectivity index (χ2v) is 9.79. The van der Waals surface area contributed by atoms with Crippen LogP contribution in [0, 0.1) is 22.2 Å². The summed E-state index contributed by atoms with van der Waals surface area (Å²) in [5.74, 6) is 0.900. The van der Waals surface area contributed by atoms with E-state index in [1.54, 1.807) is 0 Å². The summed E-state index contributed by atoms with van der Waals surface area (Å²) in [5, 5.41) is 3.14. The van der Waals surface area contributed by atoms with Crippen molar-refractivity contribution in [3.05, 3.63) is 0 Å². The zero-order valence-electron chi connectivity index (χ0n) is 13.7. The minimum absolute atomic E-state index is 0.182. The molecule has 2 atom stereocenters. The van der Waals surface area contributed by atoms with Gasteiger partial charge in [0.2, 0.25) is 5.91 Å². The van der Waals surface area contributed by atoms with Gasteiger partial charge in [0.25, 0.3) is 0 Å². The number of thiocarbonyl (C=S) groups is 1. The van der Waals surface area contributed by atoms with Gasteiger partial charge in [-0.1, -0.05) is 26.1 Å². The molecule has 4 aliphatic carbocycles. The predicted molar refractivity (Wildman–Crippen MR) is 88.8 cm³/mol. The molecule has 4 fully saturated rings. The van der Waals surface area contributed by atoms with E-state index >= 15 is 0 Å². The zero-order chi connectivity index (χ0) is 15.7. The van der Waals surface area contributed by atoms with Crippen molar-refractivity contribution < 1.29 is 4.79 Å². The van der Waals surface area contributed by atoms with Crippen LogP contribution in [-0.2, 0) is 4.79 Å². The molecule has 0 aromatic rings. The van der Waals surface area contributed by atoms with Crippen molar-refractivity contribution in [2.24, 2.45) is 27.9 Å². The van der Waals surface area contributed by atoms with Crippen LogP contribution in [0.4, 0.5) is 0 Å². The molecule has 4 aliphatic rings. The van der Waals surface area contributed by atoms with Crippen LogP contribution in [-0.4, -0.2) is 16.4 Å². The van der Waals surface area contributed by atoms with Gasteiger partial charge in [-0.3, -0.25) is 4.79 Å². The number of nitrogens with one attached hydrogen (secondary N) is 1. The lowest BCUT2D eigenvalue weighted by Crippen LogP contribution is -2.63. The number of hydrogen-bond acceptors (Lipinski definition) is 2. The van der Waals surface area contributed by atoms with Crippen molar-refractivity contribution in [1.82, 2.24) is 5.32 Å². The Kier molecular flexibility index (Phi) is 3.06. The van der Waals surface area contributed by atoms with Gasteiger partial charge in [0, 0.05) is 0 Å². The number of amides is 1. The Hall–Kier alpha value is -0.640. The largest absolute Gasteiger partial charge is 0.391 e. The minimum Gasteiger partial charge on any atom is -0.391 e. The first kappa shape index (κ1) is 15.3. The first-order chi connectivity index (χ1) is 9.48. The highest BCUT2D eigenvalue weighted by Crippen LogP contribution is 2.69. The summed E-state index contributed by atoms with van der Waals surface area (Å²) < 4.78 is 0. The normalized spacial score (nSPS) is 44.7. The molecule has 0 spiro atoms. The Morgan fingerprint density at radius 2 is 1.67 bits per heavy atom. The maximum atomic E-state index is 13.1. The molecule has 4 bridgehead atoms. The molecular formula is C17H28N2OS. The van der Waals surface area contributed by atoms with E-state index in [9.17, 15) is 4.79 Å². The molecule has 4 heteroatoms. The summed E-state index contributed by atoms with van der Waals surface area (Å²) in [6.45, 7) is 8.57. The van der Waals surface area contributed by atoms with Crippen molar-refractivity contribution in [3.8, 4) is 0 Å². The Balaban J connectivity index is 1.88. The van der Waals surface area contributed by atoms with Crippen molar-refractivity contribution in [1.29, 1.82) is 0 Å². The maximum absolute atomic E-state index is 13.1. The van der Waals surface area contributed by atoms with Crippen LogP contribution in [0.2, 0.25) is 0 Å². The third-order valence-corrected chi connectivity index (χ3v) is 6.66. The number of carbonyl (C=O) groups excluding carboxylic acids is 1. The summed E-state index contributed by atoms with van der Waals surface area (Å²) in [7, 11) is 0.